The lowest BCUT2D eigenvalue weighted by Crippen LogP contribution is -2.47. The topological polar surface area (TPSA) is 59.1 Å². The molecule has 0 N–H and O–H groups in total. The number of rotatable bonds is 6. The summed E-state index contributed by atoms with van der Waals surface area (Å²) in [7, 11) is 0. The molecule has 2 aliphatic heterocycles. The first-order chi connectivity index (χ1) is 12.4. The average molecular weight is 378 g/mol. The molecule has 0 aliphatic carbocycles. The van der Waals surface area contributed by atoms with Crippen LogP contribution in [-0.4, -0.2) is 66.2 Å². The molecule has 1 fully saturated rings. The number of morpholine rings is 1. The molecule has 0 radical (unpaired) electrons. The number of imide groups is 1. The van der Waals surface area contributed by atoms with E-state index in [1.807, 2.05) is 50.1 Å². The van der Waals surface area contributed by atoms with E-state index in [-0.39, 0.29) is 36.7 Å². The molecule has 2 atom stereocenters. The van der Waals surface area contributed by atoms with Crippen molar-refractivity contribution in [3.05, 3.63) is 28.1 Å². The van der Waals surface area contributed by atoms with E-state index in [9.17, 15) is 9.59 Å². The average Bonchev–Trinajstić information content (AvgIpc) is 3.15. The van der Waals surface area contributed by atoms with Crippen molar-refractivity contribution >= 4 is 28.7 Å². The zero-order valence-corrected chi connectivity index (χ0v) is 16.5. The summed E-state index contributed by atoms with van der Waals surface area (Å²) in [6.07, 6.45) is 0.0852. The van der Waals surface area contributed by atoms with E-state index >= 15 is 0 Å². The molecule has 3 heterocycles. The van der Waals surface area contributed by atoms with Gasteiger partial charge in [0.2, 0.25) is 0 Å². The Hall–Kier alpha value is -1.70. The van der Waals surface area contributed by atoms with Gasteiger partial charge in [0, 0.05) is 18.0 Å². The monoisotopic (exact) mass is 378 g/mol. The molecule has 7 heteroatoms. The summed E-state index contributed by atoms with van der Waals surface area (Å²) in [4.78, 5) is 30.3. The summed E-state index contributed by atoms with van der Waals surface area (Å²) >= 11 is 1.48. The molecule has 1 aromatic heterocycles. The van der Waals surface area contributed by atoms with Crippen LogP contribution in [0.1, 0.15) is 32.6 Å². The van der Waals surface area contributed by atoms with Crippen molar-refractivity contribution in [2.45, 2.75) is 46.0 Å². The van der Waals surface area contributed by atoms with Gasteiger partial charge in [-0.1, -0.05) is 6.07 Å². The van der Waals surface area contributed by atoms with Crippen LogP contribution in [0.5, 0.6) is 0 Å². The molecule has 3 rings (SSSR count). The van der Waals surface area contributed by atoms with Crippen LogP contribution in [0.25, 0.3) is 5.57 Å². The fourth-order valence-corrected chi connectivity index (χ4v) is 4.21. The van der Waals surface area contributed by atoms with Gasteiger partial charge in [0.05, 0.1) is 37.0 Å². The van der Waals surface area contributed by atoms with Crippen molar-refractivity contribution in [3.8, 4) is 0 Å². The van der Waals surface area contributed by atoms with Crippen LogP contribution < -0.4 is 0 Å². The Balaban J connectivity index is 1.91. The van der Waals surface area contributed by atoms with Gasteiger partial charge in [-0.2, -0.15) is 0 Å². The second-order valence-corrected chi connectivity index (χ2v) is 7.99. The minimum Gasteiger partial charge on any atom is -0.377 e. The lowest BCUT2D eigenvalue weighted by Gasteiger charge is -2.37. The summed E-state index contributed by atoms with van der Waals surface area (Å²) in [5.41, 5.74) is 1.01. The Labute approximate surface area is 158 Å². The zero-order chi connectivity index (χ0) is 18.8. The van der Waals surface area contributed by atoms with E-state index in [1.54, 1.807) is 0 Å². The van der Waals surface area contributed by atoms with E-state index < -0.39 is 0 Å². The van der Waals surface area contributed by atoms with Crippen LogP contribution in [0.2, 0.25) is 0 Å². The number of nitrogens with zero attached hydrogens (tertiary/aromatic N) is 2. The normalized spacial score (nSPS) is 24.3. The van der Waals surface area contributed by atoms with Crippen LogP contribution in [0.15, 0.2) is 23.2 Å². The first-order valence-corrected chi connectivity index (χ1v) is 9.92. The minimum absolute atomic E-state index is 0.0112. The molecule has 1 saturated heterocycles. The van der Waals surface area contributed by atoms with Crippen LogP contribution in [0.3, 0.4) is 0 Å². The maximum absolute atomic E-state index is 13.1. The summed E-state index contributed by atoms with van der Waals surface area (Å²) in [5, 5.41) is 1.92. The third kappa shape index (κ3) is 3.84. The van der Waals surface area contributed by atoms with Gasteiger partial charge >= 0.3 is 0 Å². The number of hydrogen-bond donors (Lipinski definition) is 0. The molecule has 0 saturated carbocycles. The third-order valence-corrected chi connectivity index (χ3v) is 5.30. The van der Waals surface area contributed by atoms with E-state index in [0.29, 0.717) is 31.0 Å². The van der Waals surface area contributed by atoms with Crippen molar-refractivity contribution in [2.75, 3.05) is 26.2 Å². The Kier molecular flexibility index (Phi) is 5.79. The Morgan fingerprint density at radius 1 is 1.23 bits per heavy atom. The highest BCUT2D eigenvalue weighted by Gasteiger charge is 2.43. The number of amides is 2. The molecule has 2 aliphatic rings. The van der Waals surface area contributed by atoms with Gasteiger partial charge in [0.15, 0.2) is 0 Å². The van der Waals surface area contributed by atoms with Crippen LogP contribution >= 0.6 is 11.3 Å². The number of ether oxygens (including phenoxy) is 2. The highest BCUT2D eigenvalue weighted by atomic mass is 32.1. The second kappa shape index (κ2) is 7.90. The fourth-order valence-electron chi connectivity index (χ4n) is 3.44. The number of carbonyl (C=O) groups is 2. The Bertz CT molecular complexity index is 688. The predicted octanol–water partition coefficient (Wildman–Crippen LogP) is 2.36. The van der Waals surface area contributed by atoms with Gasteiger partial charge in [-0.3, -0.25) is 14.5 Å². The first kappa shape index (κ1) is 19.1. The number of carbonyl (C=O) groups excluding carboxylic acids is 2. The molecule has 2 amide bonds. The summed E-state index contributed by atoms with van der Waals surface area (Å²) in [6.45, 7) is 9.66. The van der Waals surface area contributed by atoms with E-state index in [4.69, 9.17) is 9.47 Å². The summed E-state index contributed by atoms with van der Waals surface area (Å²) < 4.78 is 11.3. The standard InChI is InChI=1S/C19H26N2O4S/c1-12(2)24-8-7-21-18(22)16(15-6-5-9-26-15)17(19(21)23)20-10-13(3)25-14(4)11-20/h5-6,9,12-14H,7-8,10-11H2,1-4H3. The van der Waals surface area contributed by atoms with E-state index in [2.05, 4.69) is 0 Å². The van der Waals surface area contributed by atoms with Gasteiger partial charge in [0.25, 0.3) is 11.8 Å². The van der Waals surface area contributed by atoms with Gasteiger partial charge < -0.3 is 14.4 Å². The molecular weight excluding hydrogens is 352 g/mol. The lowest BCUT2D eigenvalue weighted by atomic mass is 10.1. The quantitative estimate of drug-likeness (QED) is 0.711. The second-order valence-electron chi connectivity index (χ2n) is 7.04. The predicted molar refractivity (Wildman–Crippen MR) is 101 cm³/mol. The summed E-state index contributed by atoms with van der Waals surface area (Å²) in [5.74, 6) is -0.460. The molecule has 0 spiro atoms. The van der Waals surface area contributed by atoms with Gasteiger partial charge in [-0.25, -0.2) is 0 Å². The van der Waals surface area contributed by atoms with Crippen molar-refractivity contribution in [2.24, 2.45) is 0 Å². The molecule has 6 nitrogen and oxygen atoms in total. The highest BCUT2D eigenvalue weighted by molar-refractivity contribution is 7.11. The Morgan fingerprint density at radius 3 is 2.50 bits per heavy atom. The fraction of sp³-hybridized carbons (Fsp3) is 0.579. The molecule has 1 aromatic rings. The van der Waals surface area contributed by atoms with Crippen molar-refractivity contribution in [3.63, 3.8) is 0 Å². The lowest BCUT2D eigenvalue weighted by molar-refractivity contribution is -0.139. The van der Waals surface area contributed by atoms with Gasteiger partial charge in [0.1, 0.15) is 5.70 Å². The van der Waals surface area contributed by atoms with E-state index in [0.717, 1.165) is 4.88 Å². The van der Waals surface area contributed by atoms with Crippen molar-refractivity contribution < 1.29 is 19.1 Å². The third-order valence-electron chi connectivity index (χ3n) is 4.41. The van der Waals surface area contributed by atoms with Gasteiger partial charge in [-0.15, -0.1) is 11.3 Å². The van der Waals surface area contributed by atoms with Crippen LogP contribution in [0, 0.1) is 0 Å². The molecular formula is C19H26N2O4S. The van der Waals surface area contributed by atoms with Crippen LogP contribution in [-0.2, 0) is 19.1 Å². The highest BCUT2D eigenvalue weighted by Crippen LogP contribution is 2.35. The number of thiophene rings is 1. The molecule has 2 unspecified atom stereocenters. The largest absolute Gasteiger partial charge is 0.377 e. The molecule has 0 aromatic carbocycles. The maximum Gasteiger partial charge on any atom is 0.277 e. The van der Waals surface area contributed by atoms with Crippen molar-refractivity contribution in [1.82, 2.24) is 9.80 Å². The van der Waals surface area contributed by atoms with E-state index in [1.165, 1.54) is 16.2 Å². The Morgan fingerprint density at radius 2 is 1.92 bits per heavy atom. The smallest absolute Gasteiger partial charge is 0.277 e. The SMILES string of the molecule is CC(C)OCCN1C(=O)C(c2cccs2)=C(N2CC(C)OC(C)C2)C1=O. The van der Waals surface area contributed by atoms with Gasteiger partial charge in [-0.05, 0) is 39.1 Å². The maximum atomic E-state index is 13.1. The first-order valence-electron chi connectivity index (χ1n) is 9.04. The number of hydrogen-bond acceptors (Lipinski definition) is 6. The van der Waals surface area contributed by atoms with Crippen LogP contribution in [0.4, 0.5) is 0 Å². The van der Waals surface area contributed by atoms with Crippen molar-refractivity contribution in [1.29, 1.82) is 0 Å². The zero-order valence-electron chi connectivity index (χ0n) is 15.7. The minimum atomic E-state index is -0.230. The molecule has 26 heavy (non-hydrogen) atoms. The molecule has 142 valence electrons. The molecule has 0 bridgehead atoms. The summed E-state index contributed by atoms with van der Waals surface area (Å²) in [6, 6.07) is 3.80.